The third kappa shape index (κ3) is 3.13. The summed E-state index contributed by atoms with van der Waals surface area (Å²) < 4.78 is 0. The molecule has 1 unspecified atom stereocenters. The maximum absolute atomic E-state index is 10.3. The van der Waals surface area contributed by atoms with Crippen molar-refractivity contribution in [1.29, 1.82) is 0 Å². The Bertz CT molecular complexity index is 258. The molecule has 0 aromatic heterocycles. The molecule has 0 fully saturated rings. The molecule has 14 heavy (non-hydrogen) atoms. The zero-order valence-corrected chi connectivity index (χ0v) is 9.42. The summed E-state index contributed by atoms with van der Waals surface area (Å²) in [5, 5.41) is 0. The summed E-state index contributed by atoms with van der Waals surface area (Å²) in [7, 11) is 0. The zero-order chi connectivity index (χ0) is 10.6. The highest BCUT2D eigenvalue weighted by Crippen LogP contribution is 2.29. The average molecular weight is 192 g/mol. The second-order valence-corrected chi connectivity index (χ2v) is 4.53. The predicted octanol–water partition coefficient (Wildman–Crippen LogP) is 3.51. The molecule has 0 aromatic carbocycles. The summed E-state index contributed by atoms with van der Waals surface area (Å²) in [5.74, 6) is 1.37. The molecular formula is C13H20O. The van der Waals surface area contributed by atoms with E-state index in [-0.39, 0.29) is 0 Å². The van der Waals surface area contributed by atoms with Gasteiger partial charge in [0.1, 0.15) is 6.29 Å². The van der Waals surface area contributed by atoms with Crippen molar-refractivity contribution in [2.75, 3.05) is 0 Å². The first-order valence-electron chi connectivity index (χ1n) is 5.45. The number of aldehydes is 1. The SMILES string of the molecule is CC1=CC(C(C)C)CC(CCC=O)=C1. The van der Waals surface area contributed by atoms with Crippen molar-refractivity contribution in [2.45, 2.75) is 40.0 Å². The van der Waals surface area contributed by atoms with Gasteiger partial charge in [0.05, 0.1) is 0 Å². The van der Waals surface area contributed by atoms with Crippen LogP contribution in [-0.4, -0.2) is 6.29 Å². The Morgan fingerprint density at radius 1 is 1.57 bits per heavy atom. The lowest BCUT2D eigenvalue weighted by molar-refractivity contribution is -0.107. The Morgan fingerprint density at radius 2 is 2.29 bits per heavy atom. The molecule has 0 radical (unpaired) electrons. The fourth-order valence-corrected chi connectivity index (χ4v) is 1.98. The minimum atomic E-state index is 0.668. The van der Waals surface area contributed by atoms with Gasteiger partial charge in [-0.25, -0.2) is 0 Å². The van der Waals surface area contributed by atoms with E-state index in [0.29, 0.717) is 18.3 Å². The van der Waals surface area contributed by atoms with Gasteiger partial charge in [0.25, 0.3) is 0 Å². The molecule has 1 atom stereocenters. The van der Waals surface area contributed by atoms with Crippen LogP contribution in [-0.2, 0) is 4.79 Å². The minimum Gasteiger partial charge on any atom is -0.303 e. The second-order valence-electron chi connectivity index (χ2n) is 4.53. The van der Waals surface area contributed by atoms with Gasteiger partial charge < -0.3 is 4.79 Å². The quantitative estimate of drug-likeness (QED) is 0.623. The van der Waals surface area contributed by atoms with Crippen molar-refractivity contribution in [3.05, 3.63) is 23.3 Å². The molecule has 0 saturated carbocycles. The van der Waals surface area contributed by atoms with E-state index in [2.05, 4.69) is 32.9 Å². The van der Waals surface area contributed by atoms with Crippen LogP contribution in [0.15, 0.2) is 23.3 Å². The van der Waals surface area contributed by atoms with E-state index in [9.17, 15) is 4.79 Å². The van der Waals surface area contributed by atoms with E-state index in [1.165, 1.54) is 11.1 Å². The normalized spacial score (nSPS) is 21.9. The maximum atomic E-state index is 10.3. The molecule has 1 aliphatic carbocycles. The lowest BCUT2D eigenvalue weighted by atomic mass is 9.82. The first-order valence-corrected chi connectivity index (χ1v) is 5.45. The van der Waals surface area contributed by atoms with E-state index < -0.39 is 0 Å². The van der Waals surface area contributed by atoms with Crippen molar-refractivity contribution in [1.82, 2.24) is 0 Å². The van der Waals surface area contributed by atoms with Crippen LogP contribution in [0.1, 0.15) is 40.0 Å². The van der Waals surface area contributed by atoms with Crippen LogP contribution in [0.5, 0.6) is 0 Å². The second kappa shape index (κ2) is 5.14. The van der Waals surface area contributed by atoms with Crippen molar-refractivity contribution in [3.63, 3.8) is 0 Å². The Balaban J connectivity index is 2.61. The van der Waals surface area contributed by atoms with Crippen molar-refractivity contribution in [2.24, 2.45) is 11.8 Å². The van der Waals surface area contributed by atoms with Gasteiger partial charge in [-0.1, -0.05) is 37.1 Å². The minimum absolute atomic E-state index is 0.668. The first-order chi connectivity index (χ1) is 6.63. The Morgan fingerprint density at radius 3 is 2.86 bits per heavy atom. The molecule has 1 nitrogen and oxygen atoms in total. The highest BCUT2D eigenvalue weighted by atomic mass is 16.1. The van der Waals surface area contributed by atoms with Crippen LogP contribution in [0, 0.1) is 11.8 Å². The smallest absolute Gasteiger partial charge is 0.120 e. The predicted molar refractivity (Wildman–Crippen MR) is 60.1 cm³/mol. The van der Waals surface area contributed by atoms with E-state index in [0.717, 1.165) is 19.1 Å². The van der Waals surface area contributed by atoms with Crippen LogP contribution in [0.4, 0.5) is 0 Å². The van der Waals surface area contributed by atoms with Crippen LogP contribution >= 0.6 is 0 Å². The van der Waals surface area contributed by atoms with Crippen molar-refractivity contribution < 1.29 is 4.79 Å². The molecule has 0 heterocycles. The fraction of sp³-hybridized carbons (Fsp3) is 0.615. The molecule has 0 aromatic rings. The monoisotopic (exact) mass is 192 g/mol. The first kappa shape index (κ1) is 11.2. The van der Waals surface area contributed by atoms with Gasteiger partial charge in [-0.05, 0) is 31.6 Å². The summed E-state index contributed by atoms with van der Waals surface area (Å²) in [6.07, 6.45) is 8.36. The average Bonchev–Trinajstić information content (AvgIpc) is 2.14. The number of carbonyl (C=O) groups excluding carboxylic acids is 1. The number of rotatable bonds is 4. The Kier molecular flexibility index (Phi) is 4.12. The molecule has 0 N–H and O–H groups in total. The molecule has 1 aliphatic rings. The van der Waals surface area contributed by atoms with Gasteiger partial charge >= 0.3 is 0 Å². The van der Waals surface area contributed by atoms with Gasteiger partial charge in [-0.15, -0.1) is 0 Å². The molecule has 0 spiro atoms. The number of carbonyl (C=O) groups is 1. The van der Waals surface area contributed by atoms with Crippen molar-refractivity contribution in [3.8, 4) is 0 Å². The number of allylic oxidation sites excluding steroid dienone is 4. The number of hydrogen-bond donors (Lipinski definition) is 0. The van der Waals surface area contributed by atoms with E-state index in [1.807, 2.05) is 0 Å². The molecule has 1 rings (SSSR count). The Labute approximate surface area is 86.9 Å². The van der Waals surface area contributed by atoms with Crippen molar-refractivity contribution >= 4 is 6.29 Å². The summed E-state index contributed by atoms with van der Waals surface area (Å²) >= 11 is 0. The highest BCUT2D eigenvalue weighted by Gasteiger charge is 2.16. The third-order valence-electron chi connectivity index (χ3n) is 2.85. The van der Waals surface area contributed by atoms with Crippen LogP contribution in [0.3, 0.4) is 0 Å². The van der Waals surface area contributed by atoms with E-state index >= 15 is 0 Å². The van der Waals surface area contributed by atoms with E-state index in [1.54, 1.807) is 0 Å². The van der Waals surface area contributed by atoms with E-state index in [4.69, 9.17) is 0 Å². The number of hydrogen-bond acceptors (Lipinski definition) is 1. The largest absolute Gasteiger partial charge is 0.303 e. The molecule has 0 amide bonds. The molecule has 0 bridgehead atoms. The van der Waals surface area contributed by atoms with Crippen LogP contribution in [0.2, 0.25) is 0 Å². The standard InChI is InChI=1S/C13H20O/c1-10(2)13-8-11(3)7-12(9-13)5-4-6-14/h6-8,10,13H,4-5,9H2,1-3H3. The van der Waals surface area contributed by atoms with Gasteiger partial charge in [0.2, 0.25) is 0 Å². The molecule has 1 heteroatoms. The zero-order valence-electron chi connectivity index (χ0n) is 9.42. The fourth-order valence-electron chi connectivity index (χ4n) is 1.98. The lowest BCUT2D eigenvalue weighted by Crippen LogP contribution is -2.10. The molecule has 0 saturated heterocycles. The summed E-state index contributed by atoms with van der Waals surface area (Å²) in [6.45, 7) is 6.67. The maximum Gasteiger partial charge on any atom is 0.120 e. The summed E-state index contributed by atoms with van der Waals surface area (Å²) in [6, 6.07) is 0. The van der Waals surface area contributed by atoms with Gasteiger partial charge in [-0.3, -0.25) is 0 Å². The molecule has 0 aliphatic heterocycles. The van der Waals surface area contributed by atoms with Gasteiger partial charge in [-0.2, -0.15) is 0 Å². The van der Waals surface area contributed by atoms with Gasteiger partial charge in [0.15, 0.2) is 0 Å². The summed E-state index contributed by atoms with van der Waals surface area (Å²) in [4.78, 5) is 10.3. The highest BCUT2D eigenvalue weighted by molar-refractivity contribution is 5.50. The lowest BCUT2D eigenvalue weighted by Gasteiger charge is -2.23. The Hall–Kier alpha value is -0.850. The summed E-state index contributed by atoms with van der Waals surface area (Å²) in [5.41, 5.74) is 2.80. The topological polar surface area (TPSA) is 17.1 Å². The van der Waals surface area contributed by atoms with Gasteiger partial charge in [0, 0.05) is 6.42 Å². The molecular weight excluding hydrogens is 172 g/mol. The molecule has 78 valence electrons. The van der Waals surface area contributed by atoms with Crippen LogP contribution < -0.4 is 0 Å². The van der Waals surface area contributed by atoms with Crippen LogP contribution in [0.25, 0.3) is 0 Å². The third-order valence-corrected chi connectivity index (χ3v) is 2.85.